The predicted molar refractivity (Wildman–Crippen MR) is 67.8 cm³/mol. The number of nitrogens with one attached hydrogen (secondary N) is 1. The van der Waals surface area contributed by atoms with Gasteiger partial charge < -0.3 is 4.74 Å². The second kappa shape index (κ2) is 6.15. The van der Waals surface area contributed by atoms with Crippen molar-refractivity contribution in [1.82, 2.24) is 0 Å². The summed E-state index contributed by atoms with van der Waals surface area (Å²) in [6.45, 7) is 0.295. The molecular weight excluding hydrogens is 252 g/mol. The minimum absolute atomic E-state index is 0.215. The third kappa shape index (κ3) is 3.20. The molecule has 0 spiro atoms. The van der Waals surface area contributed by atoms with E-state index in [0.717, 1.165) is 11.6 Å². The van der Waals surface area contributed by atoms with E-state index >= 15 is 0 Å². The van der Waals surface area contributed by atoms with Gasteiger partial charge in [0.1, 0.15) is 5.69 Å². The van der Waals surface area contributed by atoms with Crippen LogP contribution in [0, 0.1) is 11.6 Å². The molecule has 2 aromatic rings. The molecule has 0 bridgehead atoms. The van der Waals surface area contributed by atoms with Crippen molar-refractivity contribution in [2.75, 3.05) is 12.6 Å². The summed E-state index contributed by atoms with van der Waals surface area (Å²) in [4.78, 5) is 5.22. The van der Waals surface area contributed by atoms with Crippen LogP contribution in [-0.4, -0.2) is 7.11 Å². The van der Waals surface area contributed by atoms with Crippen molar-refractivity contribution in [2.24, 2.45) is 0 Å². The molecule has 0 aliphatic rings. The fraction of sp³-hybridized carbons (Fsp3) is 0.143. The molecule has 0 saturated heterocycles. The van der Waals surface area contributed by atoms with Crippen LogP contribution in [0.1, 0.15) is 5.56 Å². The van der Waals surface area contributed by atoms with E-state index in [2.05, 4.69) is 5.48 Å². The molecule has 0 aliphatic heterocycles. The fourth-order valence-electron chi connectivity index (χ4n) is 1.58. The van der Waals surface area contributed by atoms with Crippen LogP contribution in [0.4, 0.5) is 14.5 Å². The smallest absolute Gasteiger partial charge is 0.202 e. The number of hydrogen-bond donors (Lipinski definition) is 1. The van der Waals surface area contributed by atoms with Crippen molar-refractivity contribution in [3.05, 3.63) is 59.7 Å². The molecule has 0 atom stereocenters. The van der Waals surface area contributed by atoms with Gasteiger partial charge in [-0.15, -0.1) is 0 Å². The van der Waals surface area contributed by atoms with Gasteiger partial charge in [-0.05, 0) is 17.7 Å². The molecule has 0 unspecified atom stereocenters. The molecule has 5 heteroatoms. The quantitative estimate of drug-likeness (QED) is 0.839. The van der Waals surface area contributed by atoms with E-state index in [9.17, 15) is 8.78 Å². The van der Waals surface area contributed by atoms with Gasteiger partial charge in [0.2, 0.25) is 5.82 Å². The summed E-state index contributed by atoms with van der Waals surface area (Å²) in [5, 5.41) is 0. The number of ether oxygens (including phenoxy) is 1. The van der Waals surface area contributed by atoms with Crippen molar-refractivity contribution in [2.45, 2.75) is 6.61 Å². The highest BCUT2D eigenvalue weighted by atomic mass is 19.2. The summed E-state index contributed by atoms with van der Waals surface area (Å²) < 4.78 is 31.2. The van der Waals surface area contributed by atoms with Crippen LogP contribution in [-0.2, 0) is 11.4 Å². The Morgan fingerprint density at radius 1 is 1.05 bits per heavy atom. The lowest BCUT2D eigenvalue weighted by Gasteiger charge is -2.12. The number of halogens is 2. The highest BCUT2D eigenvalue weighted by Gasteiger charge is 2.14. The summed E-state index contributed by atoms with van der Waals surface area (Å²) in [5.74, 6) is -2.23. The monoisotopic (exact) mass is 265 g/mol. The molecule has 0 aliphatic carbocycles. The standard InChI is InChI=1S/C14H13F2NO2/c1-18-14-12(8-7-11(15)13(14)16)17-19-9-10-5-3-2-4-6-10/h2-8,17H,9H2,1H3. The van der Waals surface area contributed by atoms with Gasteiger partial charge >= 0.3 is 0 Å². The van der Waals surface area contributed by atoms with Crippen LogP contribution in [0.15, 0.2) is 42.5 Å². The topological polar surface area (TPSA) is 30.5 Å². The lowest BCUT2D eigenvalue weighted by molar-refractivity contribution is 0.178. The van der Waals surface area contributed by atoms with Crippen LogP contribution < -0.4 is 10.2 Å². The van der Waals surface area contributed by atoms with Gasteiger partial charge in [0.15, 0.2) is 11.6 Å². The molecule has 0 saturated carbocycles. The Kier molecular flexibility index (Phi) is 4.30. The van der Waals surface area contributed by atoms with Gasteiger partial charge in [0.05, 0.1) is 13.7 Å². The lowest BCUT2D eigenvalue weighted by Crippen LogP contribution is -2.05. The van der Waals surface area contributed by atoms with Crippen molar-refractivity contribution < 1.29 is 18.4 Å². The van der Waals surface area contributed by atoms with E-state index in [4.69, 9.17) is 9.57 Å². The maximum atomic E-state index is 13.4. The Hall–Kier alpha value is -2.14. The maximum Gasteiger partial charge on any atom is 0.202 e. The molecule has 19 heavy (non-hydrogen) atoms. The minimum Gasteiger partial charge on any atom is -0.491 e. The van der Waals surface area contributed by atoms with E-state index in [1.165, 1.54) is 13.2 Å². The van der Waals surface area contributed by atoms with E-state index in [-0.39, 0.29) is 11.4 Å². The summed E-state index contributed by atoms with van der Waals surface area (Å²) >= 11 is 0. The molecule has 0 radical (unpaired) electrons. The molecule has 3 nitrogen and oxygen atoms in total. The average Bonchev–Trinajstić information content (AvgIpc) is 2.44. The van der Waals surface area contributed by atoms with E-state index in [1.54, 1.807) is 0 Å². The van der Waals surface area contributed by atoms with Gasteiger partial charge in [-0.3, -0.25) is 10.3 Å². The lowest BCUT2D eigenvalue weighted by atomic mass is 10.2. The summed E-state index contributed by atoms with van der Waals surface area (Å²) in [6, 6.07) is 11.8. The molecule has 0 heterocycles. The summed E-state index contributed by atoms with van der Waals surface area (Å²) in [7, 11) is 1.26. The molecule has 0 aromatic heterocycles. The van der Waals surface area contributed by atoms with Crippen LogP contribution in [0.2, 0.25) is 0 Å². The minimum atomic E-state index is -1.05. The van der Waals surface area contributed by atoms with Crippen molar-refractivity contribution in [3.8, 4) is 5.75 Å². The Labute approximate surface area is 109 Å². The first-order valence-corrected chi connectivity index (χ1v) is 5.66. The van der Waals surface area contributed by atoms with Gasteiger partial charge in [-0.1, -0.05) is 30.3 Å². The first kappa shape index (κ1) is 13.3. The second-order valence-electron chi connectivity index (χ2n) is 3.82. The SMILES string of the molecule is COc1c(NOCc2ccccc2)ccc(F)c1F. The number of methoxy groups -OCH3 is 1. The predicted octanol–water partition coefficient (Wildman–Crippen LogP) is 3.52. The third-order valence-corrected chi connectivity index (χ3v) is 2.52. The zero-order valence-corrected chi connectivity index (χ0v) is 10.3. The van der Waals surface area contributed by atoms with Gasteiger partial charge in [0, 0.05) is 0 Å². The molecule has 2 rings (SSSR count). The first-order chi connectivity index (χ1) is 9.22. The Bertz CT molecular complexity index is 547. The summed E-state index contributed by atoms with van der Waals surface area (Å²) in [6.07, 6.45) is 0. The molecule has 2 aromatic carbocycles. The van der Waals surface area contributed by atoms with Gasteiger partial charge in [-0.2, -0.15) is 4.39 Å². The second-order valence-corrected chi connectivity index (χ2v) is 3.82. The zero-order valence-electron chi connectivity index (χ0n) is 10.3. The maximum absolute atomic E-state index is 13.4. The van der Waals surface area contributed by atoms with Crippen LogP contribution in [0.25, 0.3) is 0 Å². The van der Waals surface area contributed by atoms with Crippen molar-refractivity contribution in [1.29, 1.82) is 0 Å². The Balaban J connectivity index is 2.02. The largest absolute Gasteiger partial charge is 0.491 e. The highest BCUT2D eigenvalue weighted by Crippen LogP contribution is 2.29. The zero-order chi connectivity index (χ0) is 13.7. The van der Waals surface area contributed by atoms with Crippen LogP contribution >= 0.6 is 0 Å². The van der Waals surface area contributed by atoms with E-state index in [1.807, 2.05) is 30.3 Å². The number of rotatable bonds is 5. The van der Waals surface area contributed by atoms with E-state index in [0.29, 0.717) is 6.61 Å². The van der Waals surface area contributed by atoms with Crippen molar-refractivity contribution in [3.63, 3.8) is 0 Å². The van der Waals surface area contributed by atoms with Crippen LogP contribution in [0.5, 0.6) is 5.75 Å². The number of anilines is 1. The average molecular weight is 265 g/mol. The fourth-order valence-corrected chi connectivity index (χ4v) is 1.58. The van der Waals surface area contributed by atoms with Gasteiger partial charge in [-0.25, -0.2) is 4.39 Å². The molecule has 1 N–H and O–H groups in total. The Morgan fingerprint density at radius 3 is 2.47 bits per heavy atom. The van der Waals surface area contributed by atoms with Crippen LogP contribution in [0.3, 0.4) is 0 Å². The summed E-state index contributed by atoms with van der Waals surface area (Å²) in [5.41, 5.74) is 3.74. The van der Waals surface area contributed by atoms with E-state index < -0.39 is 11.6 Å². The first-order valence-electron chi connectivity index (χ1n) is 5.66. The molecule has 0 fully saturated rings. The number of benzene rings is 2. The molecular formula is C14H13F2NO2. The highest BCUT2D eigenvalue weighted by molar-refractivity contribution is 5.55. The third-order valence-electron chi connectivity index (χ3n) is 2.52. The molecule has 100 valence electrons. The normalized spacial score (nSPS) is 10.3. The number of hydrogen-bond acceptors (Lipinski definition) is 3. The Morgan fingerprint density at radius 2 is 1.79 bits per heavy atom. The van der Waals surface area contributed by atoms with Crippen molar-refractivity contribution >= 4 is 5.69 Å². The molecule has 0 amide bonds. The van der Waals surface area contributed by atoms with Gasteiger partial charge in [0.25, 0.3) is 0 Å².